The summed E-state index contributed by atoms with van der Waals surface area (Å²) < 4.78 is 0. The molecule has 1 aromatic rings. The first-order valence-corrected chi connectivity index (χ1v) is 7.04. The van der Waals surface area contributed by atoms with Gasteiger partial charge in [0.15, 0.2) is 0 Å². The summed E-state index contributed by atoms with van der Waals surface area (Å²) in [6, 6.07) is 9.94. The van der Waals surface area contributed by atoms with Crippen LogP contribution in [0, 0.1) is 0 Å². The minimum absolute atomic E-state index is 0.00242. The highest BCUT2D eigenvalue weighted by Gasteiger charge is 2.39. The summed E-state index contributed by atoms with van der Waals surface area (Å²) in [7, 11) is 0. The Balaban J connectivity index is 1.47. The molecule has 1 aromatic carbocycles. The molecule has 0 bridgehead atoms. The molecule has 0 radical (unpaired) electrons. The summed E-state index contributed by atoms with van der Waals surface area (Å²) in [5, 5.41) is 6.82. The fourth-order valence-corrected chi connectivity index (χ4v) is 2.69. The Morgan fingerprint density at radius 3 is 2.70 bits per heavy atom. The first-order valence-electron chi connectivity index (χ1n) is 7.04. The minimum Gasteiger partial charge on any atom is -0.389 e. The molecule has 1 saturated heterocycles. The van der Waals surface area contributed by atoms with E-state index in [0.717, 1.165) is 37.9 Å². The van der Waals surface area contributed by atoms with Gasteiger partial charge in [-0.15, -0.1) is 0 Å². The summed E-state index contributed by atoms with van der Waals surface area (Å²) in [5.41, 5.74) is 0.970. The van der Waals surface area contributed by atoms with Crippen LogP contribution in [0.4, 0.5) is 4.79 Å². The van der Waals surface area contributed by atoms with Gasteiger partial charge in [0.05, 0.1) is 0 Å². The maximum Gasteiger partial charge on any atom is 0.317 e. The molecule has 0 aliphatic carbocycles. The Morgan fingerprint density at radius 2 is 2.05 bits per heavy atom. The van der Waals surface area contributed by atoms with E-state index in [1.54, 1.807) is 0 Å². The van der Waals surface area contributed by atoms with Gasteiger partial charge >= 0.3 is 6.03 Å². The summed E-state index contributed by atoms with van der Waals surface area (Å²) in [6.07, 6.45) is 4.40. The fourth-order valence-electron chi connectivity index (χ4n) is 2.69. The second-order valence-corrected chi connectivity index (χ2v) is 5.40. The van der Waals surface area contributed by atoms with Gasteiger partial charge in [-0.3, -0.25) is 0 Å². The number of amides is 2. The molecule has 3 rings (SSSR count). The number of hydrogen-bond acceptors (Lipinski definition) is 3. The van der Waals surface area contributed by atoms with Gasteiger partial charge in [0, 0.05) is 45.1 Å². The van der Waals surface area contributed by atoms with Crippen LogP contribution in [0.2, 0.25) is 0 Å². The third-order valence-corrected chi connectivity index (χ3v) is 4.03. The first-order chi connectivity index (χ1) is 9.77. The van der Waals surface area contributed by atoms with Crippen molar-refractivity contribution in [1.82, 2.24) is 10.2 Å². The molecular formula is C15H19N3O2. The minimum atomic E-state index is -0.143. The fraction of sp³-hybridized carbons (Fsp3) is 0.467. The van der Waals surface area contributed by atoms with Crippen molar-refractivity contribution in [3.05, 3.63) is 35.9 Å². The third-order valence-electron chi connectivity index (χ3n) is 4.03. The van der Waals surface area contributed by atoms with Gasteiger partial charge in [0.1, 0.15) is 5.60 Å². The molecule has 1 N–H and O–H groups in total. The zero-order valence-electron chi connectivity index (χ0n) is 11.4. The zero-order chi connectivity index (χ0) is 13.8. The van der Waals surface area contributed by atoms with Crippen molar-refractivity contribution in [2.45, 2.75) is 31.4 Å². The predicted molar refractivity (Wildman–Crippen MR) is 76.4 cm³/mol. The highest BCUT2D eigenvalue weighted by Crippen LogP contribution is 2.32. The quantitative estimate of drug-likeness (QED) is 0.897. The molecule has 1 fully saturated rings. The van der Waals surface area contributed by atoms with Gasteiger partial charge < -0.3 is 15.1 Å². The van der Waals surface area contributed by atoms with Crippen molar-refractivity contribution in [2.75, 3.05) is 13.1 Å². The lowest BCUT2D eigenvalue weighted by atomic mass is 9.89. The van der Waals surface area contributed by atoms with Crippen molar-refractivity contribution in [3.8, 4) is 0 Å². The van der Waals surface area contributed by atoms with Crippen molar-refractivity contribution >= 4 is 12.2 Å². The molecular weight excluding hydrogens is 254 g/mol. The van der Waals surface area contributed by atoms with Crippen molar-refractivity contribution in [1.29, 1.82) is 0 Å². The third kappa shape index (κ3) is 2.76. The van der Waals surface area contributed by atoms with E-state index < -0.39 is 0 Å². The van der Waals surface area contributed by atoms with Gasteiger partial charge in [-0.05, 0) is 5.56 Å². The van der Waals surface area contributed by atoms with Gasteiger partial charge in [0.2, 0.25) is 0 Å². The van der Waals surface area contributed by atoms with Gasteiger partial charge in [-0.25, -0.2) is 4.79 Å². The molecule has 5 nitrogen and oxygen atoms in total. The molecule has 0 saturated carbocycles. The highest BCUT2D eigenvalue weighted by molar-refractivity contribution is 5.74. The van der Waals surface area contributed by atoms with E-state index in [2.05, 4.69) is 10.5 Å². The number of carbonyl (C=O) groups excluding carboxylic acids is 1. The lowest BCUT2D eigenvalue weighted by Crippen LogP contribution is -2.49. The second-order valence-electron chi connectivity index (χ2n) is 5.40. The second kappa shape index (κ2) is 5.53. The van der Waals surface area contributed by atoms with Gasteiger partial charge in [-0.1, -0.05) is 35.5 Å². The maximum absolute atomic E-state index is 12.1. The monoisotopic (exact) mass is 273 g/mol. The van der Waals surface area contributed by atoms with Crippen LogP contribution >= 0.6 is 0 Å². The standard InChI is InChI=1S/C15H19N3O2/c19-14(16-12-13-4-2-1-3-5-13)18-10-7-15(8-11-18)6-9-17-20-15/h1-5,9H,6-8,10-12H2,(H,16,19). The zero-order valence-corrected chi connectivity index (χ0v) is 11.4. The molecule has 106 valence electrons. The number of carbonyl (C=O) groups is 1. The molecule has 2 heterocycles. The molecule has 1 spiro atoms. The number of nitrogens with one attached hydrogen (secondary N) is 1. The van der Waals surface area contributed by atoms with E-state index in [4.69, 9.17) is 4.84 Å². The Kier molecular flexibility index (Phi) is 3.58. The number of nitrogens with zero attached hydrogens (tertiary/aromatic N) is 2. The lowest BCUT2D eigenvalue weighted by Gasteiger charge is -2.37. The molecule has 5 heteroatoms. The van der Waals surface area contributed by atoms with E-state index in [1.165, 1.54) is 0 Å². The van der Waals surface area contributed by atoms with E-state index >= 15 is 0 Å². The predicted octanol–water partition coefficient (Wildman–Crippen LogP) is 2.14. The molecule has 2 aliphatic heterocycles. The average Bonchev–Trinajstić information content (AvgIpc) is 2.95. The average molecular weight is 273 g/mol. The van der Waals surface area contributed by atoms with Gasteiger partial charge in [-0.2, -0.15) is 0 Å². The molecule has 2 aliphatic rings. The normalized spacial score (nSPS) is 19.9. The number of oxime groups is 1. The van der Waals surface area contributed by atoms with Crippen molar-refractivity contribution < 1.29 is 9.63 Å². The van der Waals surface area contributed by atoms with E-state index in [0.29, 0.717) is 6.54 Å². The highest BCUT2D eigenvalue weighted by atomic mass is 16.7. The van der Waals surface area contributed by atoms with E-state index in [9.17, 15) is 4.79 Å². The van der Waals surface area contributed by atoms with Crippen LogP contribution in [0.5, 0.6) is 0 Å². The Morgan fingerprint density at radius 1 is 1.30 bits per heavy atom. The Labute approximate surface area is 118 Å². The number of urea groups is 1. The SMILES string of the molecule is O=C(NCc1ccccc1)N1CCC2(CC=NO2)CC1. The van der Waals surface area contributed by atoms with E-state index in [1.807, 2.05) is 41.4 Å². The van der Waals surface area contributed by atoms with Crippen LogP contribution in [0.1, 0.15) is 24.8 Å². The summed E-state index contributed by atoms with van der Waals surface area (Å²) >= 11 is 0. The number of rotatable bonds is 2. The van der Waals surface area contributed by atoms with Crippen LogP contribution in [-0.4, -0.2) is 35.8 Å². The summed E-state index contributed by atoms with van der Waals surface area (Å²) in [6.45, 7) is 2.02. The summed E-state index contributed by atoms with van der Waals surface area (Å²) in [5.74, 6) is 0. The molecule has 0 unspecified atom stereocenters. The van der Waals surface area contributed by atoms with Crippen LogP contribution in [0.25, 0.3) is 0 Å². The van der Waals surface area contributed by atoms with Crippen molar-refractivity contribution in [3.63, 3.8) is 0 Å². The smallest absolute Gasteiger partial charge is 0.317 e. The molecule has 0 atom stereocenters. The maximum atomic E-state index is 12.1. The largest absolute Gasteiger partial charge is 0.389 e. The van der Waals surface area contributed by atoms with Crippen LogP contribution in [-0.2, 0) is 11.4 Å². The Bertz CT molecular complexity index is 483. The van der Waals surface area contributed by atoms with Crippen LogP contribution < -0.4 is 5.32 Å². The van der Waals surface area contributed by atoms with Crippen molar-refractivity contribution in [2.24, 2.45) is 5.16 Å². The van der Waals surface area contributed by atoms with E-state index in [-0.39, 0.29) is 11.6 Å². The van der Waals surface area contributed by atoms with Gasteiger partial charge in [0.25, 0.3) is 0 Å². The first kappa shape index (κ1) is 13.0. The van der Waals surface area contributed by atoms with Crippen LogP contribution in [0.15, 0.2) is 35.5 Å². The molecule has 0 aromatic heterocycles. The number of hydrogen-bond donors (Lipinski definition) is 1. The lowest BCUT2D eigenvalue weighted by molar-refractivity contribution is -0.0550. The Hall–Kier alpha value is -2.04. The molecule has 2 amide bonds. The topological polar surface area (TPSA) is 53.9 Å². The summed E-state index contributed by atoms with van der Waals surface area (Å²) in [4.78, 5) is 19.4. The number of piperidine rings is 1. The number of likely N-dealkylation sites (tertiary alicyclic amines) is 1. The number of benzene rings is 1. The van der Waals surface area contributed by atoms with Crippen LogP contribution in [0.3, 0.4) is 0 Å². The molecule has 20 heavy (non-hydrogen) atoms.